The van der Waals surface area contributed by atoms with Crippen LogP contribution in [-0.4, -0.2) is 74.8 Å². The van der Waals surface area contributed by atoms with E-state index in [1.807, 2.05) is 29.2 Å². The number of amides is 1. The molecule has 1 fully saturated rings. The number of carbonyl (C=O) groups is 1. The Morgan fingerprint density at radius 2 is 1.85 bits per heavy atom. The Morgan fingerprint density at radius 1 is 1.06 bits per heavy atom. The SMILES string of the molecule is CN1CCN(Cc2cccc(CNC(=O)c3ccc4c(c3)SC3=NS(=O)(=O)CCN34)c2)CC1. The highest BCUT2D eigenvalue weighted by Gasteiger charge is 2.33. The third-order valence-electron chi connectivity index (χ3n) is 6.18. The quantitative estimate of drug-likeness (QED) is 0.693. The first-order valence-electron chi connectivity index (χ1n) is 11.1. The molecule has 10 heteroatoms. The fourth-order valence-corrected chi connectivity index (χ4v) is 6.55. The molecule has 1 N–H and O–H groups in total. The summed E-state index contributed by atoms with van der Waals surface area (Å²) in [5.74, 6) is -0.144. The molecule has 2 aromatic carbocycles. The number of hydrogen-bond acceptors (Lipinski definition) is 7. The van der Waals surface area contributed by atoms with Crippen LogP contribution in [0.2, 0.25) is 0 Å². The predicted octanol–water partition coefficient (Wildman–Crippen LogP) is 1.98. The highest BCUT2D eigenvalue weighted by Crippen LogP contribution is 2.42. The number of fused-ring (bicyclic) bond motifs is 3. The van der Waals surface area contributed by atoms with Crippen molar-refractivity contribution in [2.45, 2.75) is 18.0 Å². The van der Waals surface area contributed by atoms with E-state index >= 15 is 0 Å². The van der Waals surface area contributed by atoms with Crippen LogP contribution in [0.1, 0.15) is 21.5 Å². The van der Waals surface area contributed by atoms with E-state index < -0.39 is 10.0 Å². The van der Waals surface area contributed by atoms with Crippen LogP contribution in [0.5, 0.6) is 0 Å². The van der Waals surface area contributed by atoms with Crippen LogP contribution in [0.15, 0.2) is 51.8 Å². The van der Waals surface area contributed by atoms with Crippen LogP contribution in [0.25, 0.3) is 0 Å². The first-order chi connectivity index (χ1) is 15.9. The highest BCUT2D eigenvalue weighted by atomic mass is 32.2. The van der Waals surface area contributed by atoms with Gasteiger partial charge in [0.05, 0.1) is 11.4 Å². The summed E-state index contributed by atoms with van der Waals surface area (Å²) in [7, 11) is -1.24. The van der Waals surface area contributed by atoms with E-state index in [0.717, 1.165) is 48.9 Å². The molecule has 0 spiro atoms. The minimum atomic E-state index is -3.39. The molecule has 8 nitrogen and oxygen atoms in total. The normalized spacial score (nSPS) is 20.2. The lowest BCUT2D eigenvalue weighted by molar-refractivity contribution is 0.0950. The van der Waals surface area contributed by atoms with Crippen LogP contribution in [0.4, 0.5) is 5.69 Å². The Balaban J connectivity index is 1.21. The van der Waals surface area contributed by atoms with Gasteiger partial charge in [0, 0.05) is 56.3 Å². The second-order valence-electron chi connectivity index (χ2n) is 8.68. The Kier molecular flexibility index (Phi) is 6.17. The highest BCUT2D eigenvalue weighted by molar-refractivity contribution is 8.15. The Labute approximate surface area is 198 Å². The van der Waals surface area contributed by atoms with Crippen molar-refractivity contribution in [2.75, 3.05) is 50.4 Å². The number of nitrogens with zero attached hydrogens (tertiary/aromatic N) is 4. The summed E-state index contributed by atoms with van der Waals surface area (Å²) < 4.78 is 27.5. The zero-order valence-corrected chi connectivity index (χ0v) is 20.2. The maximum atomic E-state index is 12.8. The van der Waals surface area contributed by atoms with E-state index in [2.05, 4.69) is 38.7 Å². The second kappa shape index (κ2) is 9.09. The molecule has 5 rings (SSSR count). The third-order valence-corrected chi connectivity index (χ3v) is 8.49. The first kappa shape index (κ1) is 22.4. The summed E-state index contributed by atoms with van der Waals surface area (Å²) in [6.45, 7) is 6.10. The lowest BCUT2D eigenvalue weighted by Gasteiger charge is -2.32. The van der Waals surface area contributed by atoms with Crippen molar-refractivity contribution in [3.63, 3.8) is 0 Å². The average molecular weight is 486 g/mol. The second-order valence-corrected chi connectivity index (χ2v) is 11.4. The number of benzene rings is 2. The van der Waals surface area contributed by atoms with Gasteiger partial charge in [-0.05, 0) is 48.1 Å². The van der Waals surface area contributed by atoms with E-state index in [9.17, 15) is 13.2 Å². The molecule has 3 heterocycles. The van der Waals surface area contributed by atoms with Crippen molar-refractivity contribution in [1.29, 1.82) is 0 Å². The fraction of sp³-hybridized carbons (Fsp3) is 0.391. The summed E-state index contributed by atoms with van der Waals surface area (Å²) in [6.07, 6.45) is 0. The van der Waals surface area contributed by atoms with Crippen LogP contribution in [0, 0.1) is 0 Å². The number of rotatable bonds is 5. The Hall–Kier alpha value is -2.40. The summed E-state index contributed by atoms with van der Waals surface area (Å²) in [4.78, 5) is 20.4. The molecule has 1 saturated heterocycles. The van der Waals surface area contributed by atoms with E-state index in [1.54, 1.807) is 6.07 Å². The number of amidine groups is 1. The van der Waals surface area contributed by atoms with Gasteiger partial charge in [0.1, 0.15) is 0 Å². The zero-order valence-electron chi connectivity index (χ0n) is 18.5. The summed E-state index contributed by atoms with van der Waals surface area (Å²) >= 11 is 1.30. The topological polar surface area (TPSA) is 85.3 Å². The monoisotopic (exact) mass is 485 g/mol. The molecule has 33 heavy (non-hydrogen) atoms. The molecule has 0 radical (unpaired) electrons. The smallest absolute Gasteiger partial charge is 0.257 e. The van der Waals surface area contributed by atoms with E-state index in [1.165, 1.54) is 17.3 Å². The largest absolute Gasteiger partial charge is 0.348 e. The molecule has 1 amide bonds. The van der Waals surface area contributed by atoms with Gasteiger partial charge >= 0.3 is 0 Å². The molecule has 0 bridgehead atoms. The van der Waals surface area contributed by atoms with Gasteiger partial charge in [0.2, 0.25) is 0 Å². The molecule has 3 aliphatic heterocycles. The predicted molar refractivity (Wildman–Crippen MR) is 131 cm³/mol. The first-order valence-corrected chi connectivity index (χ1v) is 13.5. The van der Waals surface area contributed by atoms with Gasteiger partial charge in [-0.25, -0.2) is 8.42 Å². The van der Waals surface area contributed by atoms with Gasteiger partial charge in [-0.1, -0.05) is 24.3 Å². The molecule has 3 aliphatic rings. The lowest BCUT2D eigenvalue weighted by atomic mass is 10.1. The average Bonchev–Trinajstić information content (AvgIpc) is 3.14. The molecule has 0 aromatic heterocycles. The zero-order chi connectivity index (χ0) is 23.0. The van der Waals surface area contributed by atoms with Gasteiger partial charge < -0.3 is 15.1 Å². The molecule has 174 valence electrons. The maximum Gasteiger partial charge on any atom is 0.257 e. The van der Waals surface area contributed by atoms with Gasteiger partial charge in [0.25, 0.3) is 15.9 Å². The van der Waals surface area contributed by atoms with Crippen molar-refractivity contribution in [3.05, 3.63) is 59.2 Å². The third kappa shape index (κ3) is 5.08. The van der Waals surface area contributed by atoms with Crippen LogP contribution >= 0.6 is 11.8 Å². The van der Waals surface area contributed by atoms with Crippen molar-refractivity contribution in [1.82, 2.24) is 15.1 Å². The number of carbonyl (C=O) groups excluding carboxylic acids is 1. The number of sulfonamides is 1. The Morgan fingerprint density at radius 3 is 2.67 bits per heavy atom. The number of anilines is 1. The van der Waals surface area contributed by atoms with E-state index in [0.29, 0.717) is 23.8 Å². The van der Waals surface area contributed by atoms with Crippen LogP contribution < -0.4 is 10.2 Å². The van der Waals surface area contributed by atoms with Gasteiger partial charge in [-0.2, -0.15) is 0 Å². The minimum absolute atomic E-state index is 0.00656. The molecule has 0 aliphatic carbocycles. The molecule has 0 saturated carbocycles. The lowest BCUT2D eigenvalue weighted by Crippen LogP contribution is -2.43. The number of thioether (sulfide) groups is 1. The summed E-state index contributed by atoms with van der Waals surface area (Å²) in [6, 6.07) is 13.8. The van der Waals surface area contributed by atoms with Crippen molar-refractivity contribution >= 4 is 38.5 Å². The van der Waals surface area contributed by atoms with Crippen molar-refractivity contribution < 1.29 is 13.2 Å². The van der Waals surface area contributed by atoms with E-state index in [-0.39, 0.29) is 11.7 Å². The molecule has 0 atom stereocenters. The van der Waals surface area contributed by atoms with Crippen molar-refractivity contribution in [2.24, 2.45) is 4.40 Å². The standard InChI is InChI=1S/C23H27N5O3S2/c1-26-7-9-27(10-8-26)16-18-4-2-3-17(13-18)15-24-22(29)19-5-6-20-21(14-19)32-23-25-33(30,31)12-11-28(20)23/h2-6,13-14H,7-12,15-16H2,1H3,(H,24,29). The van der Waals surface area contributed by atoms with Gasteiger partial charge in [-0.15, -0.1) is 4.40 Å². The van der Waals surface area contributed by atoms with Gasteiger partial charge in [0.15, 0.2) is 5.17 Å². The number of hydrogen-bond donors (Lipinski definition) is 1. The maximum absolute atomic E-state index is 12.8. The minimum Gasteiger partial charge on any atom is -0.348 e. The number of likely N-dealkylation sites (N-methyl/N-ethyl adjacent to an activating group) is 1. The molecule has 2 aromatic rings. The Bertz CT molecular complexity index is 1210. The number of nitrogens with one attached hydrogen (secondary N) is 1. The molecular formula is C23H27N5O3S2. The number of piperazine rings is 1. The molecule has 0 unspecified atom stereocenters. The summed E-state index contributed by atoms with van der Waals surface area (Å²) in [5.41, 5.74) is 3.79. The molecular weight excluding hydrogens is 458 g/mol. The summed E-state index contributed by atoms with van der Waals surface area (Å²) in [5, 5.41) is 3.47. The fourth-order valence-electron chi connectivity index (χ4n) is 4.26. The van der Waals surface area contributed by atoms with Crippen LogP contribution in [0.3, 0.4) is 0 Å². The van der Waals surface area contributed by atoms with Gasteiger partial charge in [-0.3, -0.25) is 9.69 Å². The van der Waals surface area contributed by atoms with E-state index in [4.69, 9.17) is 0 Å². The van der Waals surface area contributed by atoms with Crippen molar-refractivity contribution in [3.8, 4) is 0 Å². The van der Waals surface area contributed by atoms with Crippen LogP contribution in [-0.2, 0) is 23.1 Å².